The molecule has 0 bridgehead atoms. The van der Waals surface area contributed by atoms with E-state index < -0.39 is 0 Å². The smallest absolute Gasteiger partial charge is 0.220 e. The Morgan fingerprint density at radius 2 is 2.15 bits per heavy atom. The summed E-state index contributed by atoms with van der Waals surface area (Å²) in [7, 11) is 0. The summed E-state index contributed by atoms with van der Waals surface area (Å²) < 4.78 is 0. The molecule has 0 aromatic carbocycles. The average molecular weight is 189 g/mol. The van der Waals surface area contributed by atoms with Crippen molar-refractivity contribution in [2.45, 2.75) is 0 Å². The molecule has 0 N–H and O–H groups in total. The van der Waals surface area contributed by atoms with E-state index >= 15 is 0 Å². The van der Waals surface area contributed by atoms with Crippen molar-refractivity contribution in [3.8, 4) is 0 Å². The van der Waals surface area contributed by atoms with Gasteiger partial charge in [0.05, 0.1) is 0 Å². The van der Waals surface area contributed by atoms with Crippen molar-refractivity contribution in [1.29, 1.82) is 0 Å². The summed E-state index contributed by atoms with van der Waals surface area (Å²) in [5.41, 5.74) is 1.08. The Labute approximate surface area is 79.8 Å². The standard InChI is InChI=1S/C9H7N3S/c1-3-10-9(11-4-1)12-6-8-2-5-13-7-8/h1-7H/b12-6+. The van der Waals surface area contributed by atoms with Gasteiger partial charge in [0, 0.05) is 24.2 Å². The fraction of sp³-hybridized carbons (Fsp3) is 0. The lowest BCUT2D eigenvalue weighted by Crippen LogP contribution is -1.79. The molecule has 0 aliphatic rings. The highest BCUT2D eigenvalue weighted by atomic mass is 32.1. The van der Waals surface area contributed by atoms with E-state index in [0.29, 0.717) is 5.95 Å². The van der Waals surface area contributed by atoms with E-state index in [1.54, 1.807) is 36.0 Å². The highest BCUT2D eigenvalue weighted by molar-refractivity contribution is 7.08. The summed E-state index contributed by atoms with van der Waals surface area (Å²) >= 11 is 1.64. The molecule has 0 aliphatic carbocycles. The molecule has 2 heterocycles. The maximum absolute atomic E-state index is 4.11. The second-order valence-electron chi connectivity index (χ2n) is 2.36. The summed E-state index contributed by atoms with van der Waals surface area (Å²) in [5, 5.41) is 4.03. The van der Waals surface area contributed by atoms with E-state index in [4.69, 9.17) is 0 Å². The van der Waals surface area contributed by atoms with E-state index in [0.717, 1.165) is 5.56 Å². The van der Waals surface area contributed by atoms with Crippen LogP contribution in [0.15, 0.2) is 40.3 Å². The zero-order chi connectivity index (χ0) is 8.93. The van der Waals surface area contributed by atoms with Crippen molar-refractivity contribution in [2.24, 2.45) is 4.99 Å². The van der Waals surface area contributed by atoms with Gasteiger partial charge in [-0.2, -0.15) is 11.3 Å². The van der Waals surface area contributed by atoms with Crippen LogP contribution in [0.3, 0.4) is 0 Å². The normalized spacial score (nSPS) is 10.8. The van der Waals surface area contributed by atoms with E-state index in [1.807, 2.05) is 16.8 Å². The molecule has 0 radical (unpaired) electrons. The van der Waals surface area contributed by atoms with Crippen LogP contribution in [0, 0.1) is 0 Å². The van der Waals surface area contributed by atoms with Crippen LogP contribution in [0.5, 0.6) is 0 Å². The second kappa shape index (κ2) is 3.91. The maximum atomic E-state index is 4.11. The van der Waals surface area contributed by atoms with E-state index in [1.165, 1.54) is 0 Å². The van der Waals surface area contributed by atoms with Crippen LogP contribution in [-0.2, 0) is 0 Å². The van der Waals surface area contributed by atoms with Crippen LogP contribution in [0.1, 0.15) is 5.56 Å². The van der Waals surface area contributed by atoms with Gasteiger partial charge in [0.2, 0.25) is 5.95 Å². The molecular formula is C9H7N3S. The Hall–Kier alpha value is -1.55. The summed E-state index contributed by atoms with van der Waals surface area (Å²) in [5.74, 6) is 0.494. The summed E-state index contributed by atoms with van der Waals surface area (Å²) in [6.45, 7) is 0. The van der Waals surface area contributed by atoms with E-state index in [2.05, 4.69) is 15.0 Å². The van der Waals surface area contributed by atoms with Gasteiger partial charge >= 0.3 is 0 Å². The minimum Gasteiger partial charge on any atom is -0.220 e. The number of hydrogen-bond acceptors (Lipinski definition) is 4. The van der Waals surface area contributed by atoms with Crippen LogP contribution in [0.4, 0.5) is 5.95 Å². The van der Waals surface area contributed by atoms with Crippen molar-refractivity contribution < 1.29 is 0 Å². The van der Waals surface area contributed by atoms with E-state index in [9.17, 15) is 0 Å². The molecule has 0 amide bonds. The lowest BCUT2D eigenvalue weighted by atomic mass is 10.4. The fourth-order valence-corrected chi connectivity index (χ4v) is 1.45. The van der Waals surface area contributed by atoms with Gasteiger partial charge in [-0.05, 0) is 22.9 Å². The van der Waals surface area contributed by atoms with Crippen LogP contribution >= 0.6 is 11.3 Å². The van der Waals surface area contributed by atoms with Gasteiger partial charge in [-0.25, -0.2) is 15.0 Å². The first-order valence-electron chi connectivity index (χ1n) is 3.78. The predicted molar refractivity (Wildman–Crippen MR) is 53.6 cm³/mol. The summed E-state index contributed by atoms with van der Waals surface area (Å²) in [6, 6.07) is 3.76. The van der Waals surface area contributed by atoms with Gasteiger partial charge in [0.25, 0.3) is 0 Å². The molecule has 0 aliphatic heterocycles. The van der Waals surface area contributed by atoms with Crippen molar-refractivity contribution in [3.63, 3.8) is 0 Å². The second-order valence-corrected chi connectivity index (χ2v) is 3.14. The molecule has 0 fully saturated rings. The monoisotopic (exact) mass is 189 g/mol. The van der Waals surface area contributed by atoms with Crippen LogP contribution < -0.4 is 0 Å². The minimum absolute atomic E-state index is 0.494. The van der Waals surface area contributed by atoms with Crippen LogP contribution in [-0.4, -0.2) is 16.2 Å². The number of thiophene rings is 1. The Kier molecular flexibility index (Phi) is 2.43. The van der Waals surface area contributed by atoms with Crippen molar-refractivity contribution in [1.82, 2.24) is 9.97 Å². The number of nitrogens with zero attached hydrogens (tertiary/aromatic N) is 3. The molecule has 0 saturated carbocycles. The topological polar surface area (TPSA) is 38.1 Å². The molecule has 3 nitrogen and oxygen atoms in total. The molecule has 0 unspecified atom stereocenters. The molecule has 2 aromatic rings. The lowest BCUT2D eigenvalue weighted by Gasteiger charge is -1.87. The molecule has 64 valence electrons. The Morgan fingerprint density at radius 1 is 1.31 bits per heavy atom. The Balaban J connectivity index is 2.15. The molecule has 2 rings (SSSR count). The first-order chi connectivity index (χ1) is 6.45. The minimum atomic E-state index is 0.494. The Bertz CT molecular complexity index is 381. The van der Waals surface area contributed by atoms with Crippen LogP contribution in [0.2, 0.25) is 0 Å². The van der Waals surface area contributed by atoms with Crippen molar-refractivity contribution in [3.05, 3.63) is 40.8 Å². The molecule has 0 saturated heterocycles. The zero-order valence-electron chi connectivity index (χ0n) is 6.79. The maximum Gasteiger partial charge on any atom is 0.249 e. The highest BCUT2D eigenvalue weighted by Gasteiger charge is 1.88. The quantitative estimate of drug-likeness (QED) is 0.680. The summed E-state index contributed by atoms with van der Waals surface area (Å²) in [4.78, 5) is 12.1. The molecule has 2 aromatic heterocycles. The predicted octanol–water partition coefficient (Wildman–Crippen LogP) is 2.29. The third kappa shape index (κ3) is 2.19. The SMILES string of the molecule is C(=N\c1ncccn1)/c1ccsc1. The van der Waals surface area contributed by atoms with Crippen molar-refractivity contribution in [2.75, 3.05) is 0 Å². The van der Waals surface area contributed by atoms with Gasteiger partial charge in [-0.1, -0.05) is 0 Å². The largest absolute Gasteiger partial charge is 0.249 e. The number of aromatic nitrogens is 2. The number of hydrogen-bond donors (Lipinski definition) is 0. The number of rotatable bonds is 2. The third-order valence-corrected chi connectivity index (χ3v) is 2.13. The van der Waals surface area contributed by atoms with E-state index in [-0.39, 0.29) is 0 Å². The molecular weight excluding hydrogens is 182 g/mol. The van der Waals surface area contributed by atoms with Gasteiger partial charge in [0.1, 0.15) is 0 Å². The Morgan fingerprint density at radius 3 is 2.85 bits per heavy atom. The van der Waals surface area contributed by atoms with Gasteiger partial charge in [-0.3, -0.25) is 0 Å². The molecule has 0 spiro atoms. The van der Waals surface area contributed by atoms with Gasteiger partial charge in [0.15, 0.2) is 0 Å². The fourth-order valence-electron chi connectivity index (χ4n) is 0.839. The summed E-state index contributed by atoms with van der Waals surface area (Å²) in [6.07, 6.45) is 5.10. The van der Waals surface area contributed by atoms with Crippen molar-refractivity contribution >= 4 is 23.5 Å². The number of aliphatic imine (C=N–C) groups is 1. The lowest BCUT2D eigenvalue weighted by molar-refractivity contribution is 1.14. The van der Waals surface area contributed by atoms with Gasteiger partial charge in [-0.15, -0.1) is 0 Å². The van der Waals surface area contributed by atoms with Gasteiger partial charge < -0.3 is 0 Å². The molecule has 0 atom stereocenters. The average Bonchev–Trinajstić information content (AvgIpc) is 2.69. The highest BCUT2D eigenvalue weighted by Crippen LogP contribution is 2.05. The molecule has 13 heavy (non-hydrogen) atoms. The first kappa shape index (κ1) is 8.07. The molecule has 4 heteroatoms. The zero-order valence-corrected chi connectivity index (χ0v) is 7.61. The first-order valence-corrected chi connectivity index (χ1v) is 4.73. The third-order valence-electron chi connectivity index (χ3n) is 1.42. The van der Waals surface area contributed by atoms with Crippen LogP contribution in [0.25, 0.3) is 0 Å².